The number of amides is 1. The first-order valence-electron chi connectivity index (χ1n) is 9.55. The van der Waals surface area contributed by atoms with Gasteiger partial charge in [-0.15, -0.1) is 11.8 Å². The Kier molecular flexibility index (Phi) is 7.15. The number of aryl methyl sites for hydroxylation is 1. The lowest BCUT2D eigenvalue weighted by Crippen LogP contribution is -2.31. The van der Waals surface area contributed by atoms with E-state index in [1.54, 1.807) is 28.6 Å². The Hall–Kier alpha value is -1.83. The van der Waals surface area contributed by atoms with Crippen LogP contribution in [0.15, 0.2) is 58.3 Å². The number of carbonyl (C=O) groups is 1. The molecule has 3 rings (SSSR count). The van der Waals surface area contributed by atoms with Gasteiger partial charge in [0.15, 0.2) is 0 Å². The number of benzene rings is 2. The predicted octanol–water partition coefficient (Wildman–Crippen LogP) is 4.29. The highest BCUT2D eigenvalue weighted by Gasteiger charge is 2.24. The number of anilines is 1. The zero-order valence-corrected chi connectivity index (χ0v) is 17.7. The summed E-state index contributed by atoms with van der Waals surface area (Å²) in [6.07, 6.45) is 3.98. The van der Waals surface area contributed by atoms with Crippen molar-refractivity contribution < 1.29 is 13.2 Å². The van der Waals surface area contributed by atoms with Crippen LogP contribution in [-0.4, -0.2) is 37.5 Å². The van der Waals surface area contributed by atoms with Crippen molar-refractivity contribution >= 4 is 33.4 Å². The van der Waals surface area contributed by atoms with E-state index < -0.39 is 10.0 Å². The van der Waals surface area contributed by atoms with E-state index in [0.29, 0.717) is 24.5 Å². The van der Waals surface area contributed by atoms with Gasteiger partial charge in [0.05, 0.1) is 10.6 Å². The summed E-state index contributed by atoms with van der Waals surface area (Å²) in [4.78, 5) is 13.5. The molecule has 0 aromatic heterocycles. The van der Waals surface area contributed by atoms with Gasteiger partial charge in [0, 0.05) is 23.7 Å². The molecule has 1 saturated heterocycles. The number of nitrogens with zero attached hydrogens (tertiary/aromatic N) is 1. The Labute approximate surface area is 171 Å². The first-order chi connectivity index (χ1) is 13.4. The number of nitrogens with one attached hydrogen (secondary N) is 1. The molecule has 1 amide bonds. The van der Waals surface area contributed by atoms with Gasteiger partial charge in [0.25, 0.3) is 0 Å². The fourth-order valence-corrected chi connectivity index (χ4v) is 5.34. The number of rotatable bonds is 6. The third-order valence-electron chi connectivity index (χ3n) is 4.73. The summed E-state index contributed by atoms with van der Waals surface area (Å²) in [5, 5.41) is 2.82. The molecule has 0 aliphatic carbocycles. The first kappa shape index (κ1) is 20.9. The van der Waals surface area contributed by atoms with Crippen LogP contribution in [0.5, 0.6) is 0 Å². The summed E-state index contributed by atoms with van der Waals surface area (Å²) in [7, 11) is -3.46. The molecule has 1 aliphatic heterocycles. The molecule has 28 heavy (non-hydrogen) atoms. The molecule has 0 atom stereocenters. The van der Waals surface area contributed by atoms with Gasteiger partial charge in [0.2, 0.25) is 15.9 Å². The zero-order valence-electron chi connectivity index (χ0n) is 16.1. The molecule has 1 aliphatic rings. The van der Waals surface area contributed by atoms with Crippen LogP contribution in [0.25, 0.3) is 0 Å². The van der Waals surface area contributed by atoms with Gasteiger partial charge >= 0.3 is 0 Å². The number of sulfonamides is 1. The monoisotopic (exact) mass is 418 g/mol. The predicted molar refractivity (Wildman–Crippen MR) is 114 cm³/mol. The summed E-state index contributed by atoms with van der Waals surface area (Å²) in [5.41, 5.74) is 1.79. The Morgan fingerprint density at radius 3 is 2.18 bits per heavy atom. The first-order valence-corrected chi connectivity index (χ1v) is 12.0. The second-order valence-corrected chi connectivity index (χ2v) is 9.98. The van der Waals surface area contributed by atoms with Crippen LogP contribution >= 0.6 is 11.8 Å². The molecule has 0 radical (unpaired) electrons. The van der Waals surface area contributed by atoms with E-state index in [0.717, 1.165) is 30.6 Å². The minimum atomic E-state index is -3.46. The standard InChI is InChI=1S/C21H26N2O3S2/c1-17-6-10-19(11-7-17)27-16-21(24)22-18-8-12-20(13-9-18)28(25,26)23-14-4-2-3-5-15-23/h6-13H,2-5,14-16H2,1H3,(H,22,24). The number of thioether (sulfide) groups is 1. The molecule has 0 unspecified atom stereocenters. The Bertz CT molecular complexity index is 886. The fraction of sp³-hybridized carbons (Fsp3) is 0.381. The third-order valence-corrected chi connectivity index (χ3v) is 7.66. The second kappa shape index (κ2) is 9.58. The Morgan fingerprint density at radius 1 is 0.964 bits per heavy atom. The number of carbonyl (C=O) groups excluding carboxylic acids is 1. The topological polar surface area (TPSA) is 66.5 Å². The molecule has 2 aromatic carbocycles. The van der Waals surface area contributed by atoms with Gasteiger partial charge in [-0.05, 0) is 56.2 Å². The maximum Gasteiger partial charge on any atom is 0.243 e. The van der Waals surface area contributed by atoms with Crippen molar-refractivity contribution in [2.75, 3.05) is 24.2 Å². The smallest absolute Gasteiger partial charge is 0.243 e. The van der Waals surface area contributed by atoms with Crippen molar-refractivity contribution in [3.05, 3.63) is 54.1 Å². The summed E-state index contributed by atoms with van der Waals surface area (Å²) in [5.74, 6) is 0.186. The molecule has 1 heterocycles. The molecule has 0 bridgehead atoms. The fourth-order valence-electron chi connectivity index (χ4n) is 3.12. The van der Waals surface area contributed by atoms with Gasteiger partial charge in [-0.1, -0.05) is 30.5 Å². The van der Waals surface area contributed by atoms with E-state index in [4.69, 9.17) is 0 Å². The largest absolute Gasteiger partial charge is 0.325 e. The minimum Gasteiger partial charge on any atom is -0.325 e. The average Bonchev–Trinajstić information content (AvgIpc) is 2.98. The van der Waals surface area contributed by atoms with Crippen molar-refractivity contribution in [1.29, 1.82) is 0 Å². The Morgan fingerprint density at radius 2 is 1.57 bits per heavy atom. The van der Waals surface area contributed by atoms with Crippen LogP contribution in [0.3, 0.4) is 0 Å². The normalized spacial score (nSPS) is 15.8. The van der Waals surface area contributed by atoms with Gasteiger partial charge in [-0.25, -0.2) is 8.42 Å². The summed E-state index contributed by atoms with van der Waals surface area (Å²) >= 11 is 1.47. The number of hydrogen-bond acceptors (Lipinski definition) is 4. The third kappa shape index (κ3) is 5.59. The van der Waals surface area contributed by atoms with Crippen molar-refractivity contribution in [3.8, 4) is 0 Å². The number of hydrogen-bond donors (Lipinski definition) is 1. The molecule has 1 fully saturated rings. The van der Waals surface area contributed by atoms with Gasteiger partial charge in [-0.3, -0.25) is 4.79 Å². The molecule has 0 spiro atoms. The van der Waals surface area contributed by atoms with Crippen LogP contribution < -0.4 is 5.32 Å². The van der Waals surface area contributed by atoms with E-state index in [1.807, 2.05) is 31.2 Å². The summed E-state index contributed by atoms with van der Waals surface area (Å²) in [6, 6.07) is 14.5. The highest BCUT2D eigenvalue weighted by Crippen LogP contribution is 2.22. The molecule has 2 aromatic rings. The van der Waals surface area contributed by atoms with Crippen LogP contribution in [0, 0.1) is 6.92 Å². The van der Waals surface area contributed by atoms with Gasteiger partial charge in [0.1, 0.15) is 0 Å². The van der Waals surface area contributed by atoms with E-state index in [1.165, 1.54) is 17.3 Å². The summed E-state index contributed by atoms with van der Waals surface area (Å²) < 4.78 is 27.2. The molecule has 0 saturated carbocycles. The maximum absolute atomic E-state index is 12.8. The highest BCUT2D eigenvalue weighted by molar-refractivity contribution is 8.00. The molecular formula is C21H26N2O3S2. The molecular weight excluding hydrogens is 392 g/mol. The van der Waals surface area contributed by atoms with Crippen molar-refractivity contribution in [3.63, 3.8) is 0 Å². The average molecular weight is 419 g/mol. The van der Waals surface area contributed by atoms with E-state index >= 15 is 0 Å². The second-order valence-electron chi connectivity index (χ2n) is 6.99. The molecule has 5 nitrogen and oxygen atoms in total. The van der Waals surface area contributed by atoms with Crippen molar-refractivity contribution in [2.45, 2.75) is 42.4 Å². The van der Waals surface area contributed by atoms with Crippen LogP contribution in [0.1, 0.15) is 31.2 Å². The van der Waals surface area contributed by atoms with E-state index in [-0.39, 0.29) is 10.8 Å². The molecule has 1 N–H and O–H groups in total. The quantitative estimate of drug-likeness (QED) is 0.711. The lowest BCUT2D eigenvalue weighted by molar-refractivity contribution is -0.113. The summed E-state index contributed by atoms with van der Waals surface area (Å²) in [6.45, 7) is 3.19. The van der Waals surface area contributed by atoms with Crippen LogP contribution in [-0.2, 0) is 14.8 Å². The molecule has 150 valence electrons. The minimum absolute atomic E-state index is 0.117. The Balaban J connectivity index is 1.57. The lowest BCUT2D eigenvalue weighted by atomic mass is 10.2. The maximum atomic E-state index is 12.8. The van der Waals surface area contributed by atoms with E-state index in [9.17, 15) is 13.2 Å². The van der Waals surface area contributed by atoms with Crippen LogP contribution in [0.2, 0.25) is 0 Å². The van der Waals surface area contributed by atoms with Gasteiger partial charge in [-0.2, -0.15) is 4.31 Å². The molecule has 7 heteroatoms. The highest BCUT2D eigenvalue weighted by atomic mass is 32.2. The van der Waals surface area contributed by atoms with Crippen LogP contribution in [0.4, 0.5) is 5.69 Å². The van der Waals surface area contributed by atoms with Crippen molar-refractivity contribution in [1.82, 2.24) is 4.31 Å². The van der Waals surface area contributed by atoms with Gasteiger partial charge < -0.3 is 5.32 Å². The van der Waals surface area contributed by atoms with E-state index in [2.05, 4.69) is 5.32 Å². The zero-order chi connectivity index (χ0) is 20.0. The lowest BCUT2D eigenvalue weighted by Gasteiger charge is -2.20. The van der Waals surface area contributed by atoms with Crippen molar-refractivity contribution in [2.24, 2.45) is 0 Å². The SMILES string of the molecule is Cc1ccc(SCC(=O)Nc2ccc(S(=O)(=O)N3CCCCCC3)cc2)cc1.